The zero-order valence-corrected chi connectivity index (χ0v) is 14.4. The van der Waals surface area contributed by atoms with Gasteiger partial charge < -0.3 is 0 Å². The van der Waals surface area contributed by atoms with Gasteiger partial charge in [0, 0.05) is 5.56 Å². The smallest absolute Gasteiger partial charge is 0.267 e. The minimum atomic E-state index is -0.212. The first-order valence-electron chi connectivity index (χ1n) is 8.67. The second kappa shape index (κ2) is 8.32. The summed E-state index contributed by atoms with van der Waals surface area (Å²) in [4.78, 5) is 12.3. The van der Waals surface area contributed by atoms with E-state index in [0.29, 0.717) is 5.56 Å². The maximum absolute atomic E-state index is 12.3. The fourth-order valence-electron chi connectivity index (χ4n) is 2.83. The Bertz CT molecular complexity index is 761. The van der Waals surface area contributed by atoms with Crippen molar-refractivity contribution in [3.8, 4) is 5.69 Å². The number of hydrazone groups is 1. The molecule has 1 aromatic carbocycles. The number of tetrazole rings is 1. The normalized spacial score (nSPS) is 15.4. The van der Waals surface area contributed by atoms with E-state index in [-0.39, 0.29) is 5.91 Å². The maximum atomic E-state index is 12.3. The fraction of sp³-hybridized carbons (Fsp3) is 0.389. The number of aromatic nitrogens is 4. The molecule has 2 aromatic rings. The third-order valence-electron chi connectivity index (χ3n) is 4.23. The molecule has 1 heterocycles. The number of allylic oxidation sites excluding steroid dienone is 2. The standard InChI is InChI=1S/C18H22N6O/c1-2-3-4-6-14-7-5-8-17(14)20-21-18(25)15-9-11-16(12-10-15)24-13-19-22-23-24/h7,9-13H,2-6,8H2,1H3,(H,21,25)/b20-17+. The number of amides is 1. The molecule has 130 valence electrons. The zero-order chi connectivity index (χ0) is 17.5. The highest BCUT2D eigenvalue weighted by Crippen LogP contribution is 2.21. The van der Waals surface area contributed by atoms with Crippen LogP contribution >= 0.6 is 0 Å². The van der Waals surface area contributed by atoms with Crippen LogP contribution in [0.25, 0.3) is 5.69 Å². The van der Waals surface area contributed by atoms with E-state index in [1.807, 2.05) is 0 Å². The molecule has 3 rings (SSSR count). The molecule has 0 radical (unpaired) electrons. The van der Waals surface area contributed by atoms with Gasteiger partial charge in [0.2, 0.25) is 0 Å². The first-order valence-corrected chi connectivity index (χ1v) is 8.67. The molecule has 0 bridgehead atoms. The lowest BCUT2D eigenvalue weighted by molar-refractivity contribution is 0.0955. The van der Waals surface area contributed by atoms with Gasteiger partial charge in [0.1, 0.15) is 6.33 Å². The van der Waals surface area contributed by atoms with E-state index in [0.717, 1.165) is 30.7 Å². The molecule has 1 aliphatic carbocycles. The summed E-state index contributed by atoms with van der Waals surface area (Å²) in [5.74, 6) is -0.212. The molecule has 0 aliphatic heterocycles. The van der Waals surface area contributed by atoms with Crippen molar-refractivity contribution < 1.29 is 4.79 Å². The van der Waals surface area contributed by atoms with Crippen LogP contribution in [0.3, 0.4) is 0 Å². The van der Waals surface area contributed by atoms with Crippen LogP contribution in [-0.2, 0) is 0 Å². The number of carbonyl (C=O) groups excluding carboxylic acids is 1. The second-order valence-electron chi connectivity index (χ2n) is 6.03. The Hall–Kier alpha value is -2.83. The minimum absolute atomic E-state index is 0.212. The highest BCUT2D eigenvalue weighted by molar-refractivity contribution is 6.03. The Balaban J connectivity index is 1.59. The third-order valence-corrected chi connectivity index (χ3v) is 4.23. The summed E-state index contributed by atoms with van der Waals surface area (Å²) in [6.07, 6.45) is 10.3. The van der Waals surface area contributed by atoms with Crippen molar-refractivity contribution in [2.45, 2.75) is 45.4 Å². The molecule has 0 saturated carbocycles. The first kappa shape index (κ1) is 17.0. The minimum Gasteiger partial charge on any atom is -0.267 e. The third kappa shape index (κ3) is 4.37. The average molecular weight is 338 g/mol. The first-order chi connectivity index (χ1) is 12.3. The summed E-state index contributed by atoms with van der Waals surface area (Å²) in [7, 11) is 0. The summed E-state index contributed by atoms with van der Waals surface area (Å²) < 4.78 is 1.54. The van der Waals surface area contributed by atoms with Gasteiger partial charge in [0.05, 0.1) is 11.4 Å². The molecule has 1 N–H and O–H groups in total. The number of benzene rings is 1. The number of carbonyl (C=O) groups is 1. The van der Waals surface area contributed by atoms with Crippen LogP contribution in [0.4, 0.5) is 0 Å². The Morgan fingerprint density at radius 3 is 2.84 bits per heavy atom. The van der Waals surface area contributed by atoms with E-state index in [2.05, 4.69) is 39.1 Å². The van der Waals surface area contributed by atoms with Gasteiger partial charge in [-0.1, -0.05) is 25.8 Å². The topological polar surface area (TPSA) is 85.1 Å². The summed E-state index contributed by atoms with van der Waals surface area (Å²) in [5.41, 5.74) is 6.31. The fourth-order valence-corrected chi connectivity index (χ4v) is 2.83. The van der Waals surface area contributed by atoms with Crippen LogP contribution in [-0.4, -0.2) is 31.8 Å². The molecule has 7 nitrogen and oxygen atoms in total. The van der Waals surface area contributed by atoms with Crippen molar-refractivity contribution in [1.29, 1.82) is 0 Å². The predicted molar refractivity (Wildman–Crippen MR) is 95.5 cm³/mol. The van der Waals surface area contributed by atoms with Crippen LogP contribution in [0.15, 0.2) is 47.3 Å². The molecular weight excluding hydrogens is 316 g/mol. The number of nitrogens with zero attached hydrogens (tertiary/aromatic N) is 5. The molecule has 1 aliphatic rings. The van der Waals surface area contributed by atoms with Gasteiger partial charge in [0.25, 0.3) is 5.91 Å². The molecule has 0 fully saturated rings. The number of nitrogens with one attached hydrogen (secondary N) is 1. The van der Waals surface area contributed by atoms with E-state index in [1.165, 1.54) is 35.8 Å². The molecule has 0 saturated heterocycles. The van der Waals surface area contributed by atoms with Gasteiger partial charge in [-0.05, 0) is 65.9 Å². The monoisotopic (exact) mass is 338 g/mol. The second-order valence-corrected chi connectivity index (χ2v) is 6.03. The van der Waals surface area contributed by atoms with Crippen molar-refractivity contribution in [2.75, 3.05) is 0 Å². The van der Waals surface area contributed by atoms with Gasteiger partial charge in [0.15, 0.2) is 0 Å². The van der Waals surface area contributed by atoms with Gasteiger partial charge in [-0.25, -0.2) is 10.1 Å². The SMILES string of the molecule is CCCCCC1=CCC/C1=N\NC(=O)c1ccc(-n2cnnn2)cc1. The molecule has 1 aromatic heterocycles. The quantitative estimate of drug-likeness (QED) is 0.621. The van der Waals surface area contributed by atoms with Gasteiger partial charge in [-0.15, -0.1) is 5.10 Å². The molecule has 7 heteroatoms. The van der Waals surface area contributed by atoms with Gasteiger partial charge in [-0.2, -0.15) is 5.10 Å². The van der Waals surface area contributed by atoms with Crippen LogP contribution in [0.2, 0.25) is 0 Å². The van der Waals surface area contributed by atoms with Crippen molar-refractivity contribution in [2.24, 2.45) is 5.10 Å². The van der Waals surface area contributed by atoms with Crippen LogP contribution in [0.1, 0.15) is 55.8 Å². The zero-order valence-electron chi connectivity index (χ0n) is 14.4. The predicted octanol–water partition coefficient (Wildman–Crippen LogP) is 3.05. The lowest BCUT2D eigenvalue weighted by atomic mass is 10.1. The van der Waals surface area contributed by atoms with Gasteiger partial charge in [-0.3, -0.25) is 4.79 Å². The van der Waals surface area contributed by atoms with E-state index in [1.54, 1.807) is 24.3 Å². The highest BCUT2D eigenvalue weighted by Gasteiger charge is 2.14. The van der Waals surface area contributed by atoms with Crippen molar-refractivity contribution in [3.63, 3.8) is 0 Å². The molecular formula is C18H22N6O. The summed E-state index contributed by atoms with van der Waals surface area (Å²) >= 11 is 0. The van der Waals surface area contributed by atoms with Crippen LogP contribution < -0.4 is 5.43 Å². The van der Waals surface area contributed by atoms with Crippen molar-refractivity contribution in [1.82, 2.24) is 25.6 Å². The molecule has 0 spiro atoms. The Labute approximate surface area is 146 Å². The van der Waals surface area contributed by atoms with E-state index >= 15 is 0 Å². The van der Waals surface area contributed by atoms with E-state index in [4.69, 9.17) is 0 Å². The van der Waals surface area contributed by atoms with Crippen molar-refractivity contribution >= 4 is 11.6 Å². The van der Waals surface area contributed by atoms with E-state index in [9.17, 15) is 4.79 Å². The lowest BCUT2D eigenvalue weighted by Crippen LogP contribution is -2.19. The Morgan fingerprint density at radius 2 is 2.12 bits per heavy atom. The molecule has 25 heavy (non-hydrogen) atoms. The lowest BCUT2D eigenvalue weighted by Gasteiger charge is -2.06. The van der Waals surface area contributed by atoms with Crippen LogP contribution in [0.5, 0.6) is 0 Å². The molecule has 0 unspecified atom stereocenters. The largest absolute Gasteiger partial charge is 0.271 e. The number of hydrogen-bond acceptors (Lipinski definition) is 5. The number of rotatable bonds is 7. The average Bonchev–Trinajstić information content (AvgIpc) is 3.32. The number of hydrogen-bond donors (Lipinski definition) is 1. The Kier molecular flexibility index (Phi) is 5.66. The summed E-state index contributed by atoms with van der Waals surface area (Å²) in [5, 5.41) is 15.3. The maximum Gasteiger partial charge on any atom is 0.271 e. The van der Waals surface area contributed by atoms with E-state index < -0.39 is 0 Å². The summed E-state index contributed by atoms with van der Waals surface area (Å²) in [6.45, 7) is 2.20. The number of unbranched alkanes of at least 4 members (excludes halogenated alkanes) is 2. The Morgan fingerprint density at radius 1 is 1.28 bits per heavy atom. The van der Waals surface area contributed by atoms with Crippen molar-refractivity contribution in [3.05, 3.63) is 47.8 Å². The van der Waals surface area contributed by atoms with Crippen LogP contribution in [0, 0.1) is 0 Å². The highest BCUT2D eigenvalue weighted by atomic mass is 16.2. The summed E-state index contributed by atoms with van der Waals surface area (Å²) in [6, 6.07) is 7.06. The molecule has 1 amide bonds. The molecule has 0 atom stereocenters. The van der Waals surface area contributed by atoms with Gasteiger partial charge >= 0.3 is 0 Å².